The number of rotatable bonds is 12. The van der Waals surface area contributed by atoms with Gasteiger partial charge in [0.15, 0.2) is 0 Å². The van der Waals surface area contributed by atoms with Crippen LogP contribution in [0.25, 0.3) is 5.69 Å². The van der Waals surface area contributed by atoms with Crippen molar-refractivity contribution in [2.24, 2.45) is 0 Å². The van der Waals surface area contributed by atoms with Crippen LogP contribution in [0, 0.1) is 0 Å². The predicted octanol–water partition coefficient (Wildman–Crippen LogP) is 3.75. The van der Waals surface area contributed by atoms with Crippen LogP contribution in [-0.4, -0.2) is 40.0 Å². The Morgan fingerprint density at radius 1 is 0.964 bits per heavy atom. The van der Waals surface area contributed by atoms with Crippen LogP contribution in [0.3, 0.4) is 0 Å². The van der Waals surface area contributed by atoms with Gasteiger partial charge in [-0.3, -0.25) is 0 Å². The molecule has 0 fully saturated rings. The monoisotopic (exact) mass is 381 g/mol. The highest BCUT2D eigenvalue weighted by Gasteiger charge is 2.10. The Balaban J connectivity index is 1.44. The van der Waals surface area contributed by atoms with Crippen LogP contribution in [0.5, 0.6) is 11.8 Å². The fourth-order valence-corrected chi connectivity index (χ4v) is 2.63. The number of aromatic nitrogens is 4. The van der Waals surface area contributed by atoms with Gasteiger partial charge in [0, 0.05) is 19.8 Å². The van der Waals surface area contributed by atoms with E-state index in [1.54, 1.807) is 4.68 Å². The van der Waals surface area contributed by atoms with Gasteiger partial charge in [-0.1, -0.05) is 48.8 Å². The molecule has 0 radical (unpaired) electrons. The summed E-state index contributed by atoms with van der Waals surface area (Å²) in [5.74, 6) is 0.694. The Kier molecular flexibility index (Phi) is 7.96. The maximum absolute atomic E-state index is 5.84. The number of tetrazole rings is 1. The number of nitrogens with one attached hydrogen (secondary N) is 1. The first kappa shape index (κ1) is 20.0. The van der Waals surface area contributed by atoms with E-state index in [-0.39, 0.29) is 0 Å². The smallest absolute Gasteiger partial charge is 0.345 e. The van der Waals surface area contributed by atoms with Gasteiger partial charge in [-0.25, -0.2) is 0 Å². The van der Waals surface area contributed by atoms with Gasteiger partial charge in [0.25, 0.3) is 0 Å². The van der Waals surface area contributed by atoms with Gasteiger partial charge in [-0.2, -0.15) is 4.68 Å². The van der Waals surface area contributed by atoms with Crippen LogP contribution in [0.1, 0.15) is 31.7 Å². The van der Waals surface area contributed by atoms with E-state index in [1.807, 2.05) is 54.6 Å². The van der Waals surface area contributed by atoms with Crippen molar-refractivity contribution in [2.45, 2.75) is 32.7 Å². The average Bonchev–Trinajstić information content (AvgIpc) is 3.20. The molecule has 28 heavy (non-hydrogen) atoms. The molecule has 0 atom stereocenters. The maximum Gasteiger partial charge on any atom is 0.345 e. The lowest BCUT2D eigenvalue weighted by Crippen LogP contribution is -2.16. The largest absolute Gasteiger partial charge is 0.423 e. The van der Waals surface area contributed by atoms with E-state index in [0.29, 0.717) is 11.8 Å². The van der Waals surface area contributed by atoms with Gasteiger partial charge in [-0.05, 0) is 59.6 Å². The highest BCUT2D eigenvalue weighted by molar-refractivity contribution is 5.34. The molecule has 0 aliphatic carbocycles. The molecule has 0 saturated heterocycles. The van der Waals surface area contributed by atoms with Gasteiger partial charge >= 0.3 is 6.01 Å². The molecule has 0 bridgehead atoms. The second kappa shape index (κ2) is 11.2. The van der Waals surface area contributed by atoms with Crippen molar-refractivity contribution in [3.05, 3.63) is 60.2 Å². The van der Waals surface area contributed by atoms with Gasteiger partial charge in [-0.15, -0.1) is 0 Å². The highest BCUT2D eigenvalue weighted by atomic mass is 16.5. The molecule has 1 N–H and O–H groups in total. The molecule has 0 spiro atoms. The highest BCUT2D eigenvalue weighted by Crippen LogP contribution is 2.21. The number of para-hydroxylation sites is 1. The van der Waals surface area contributed by atoms with E-state index < -0.39 is 0 Å². The normalized spacial score (nSPS) is 10.9. The fourth-order valence-electron chi connectivity index (χ4n) is 2.63. The minimum absolute atomic E-state index is 0.333. The number of hydrogen-bond acceptors (Lipinski definition) is 6. The maximum atomic E-state index is 5.84. The standard InChI is InChI=1S/C21H27N5O2/c1-2-3-15-27-16-7-14-22-17-18-10-12-20(13-11-18)28-21-23-24-25-26(21)19-8-5-4-6-9-19/h4-6,8-13,22H,2-3,7,14-17H2,1H3. The Labute approximate surface area is 165 Å². The molecular formula is C21H27N5O2. The Morgan fingerprint density at radius 2 is 1.75 bits per heavy atom. The van der Waals surface area contributed by atoms with E-state index >= 15 is 0 Å². The van der Waals surface area contributed by atoms with E-state index in [1.165, 1.54) is 12.0 Å². The second-order valence-electron chi connectivity index (χ2n) is 6.45. The molecule has 1 aromatic heterocycles. The Morgan fingerprint density at radius 3 is 2.54 bits per heavy atom. The number of ether oxygens (including phenoxy) is 2. The topological polar surface area (TPSA) is 74.1 Å². The quantitative estimate of drug-likeness (QED) is 0.482. The third kappa shape index (κ3) is 6.14. The van der Waals surface area contributed by atoms with Gasteiger partial charge in [0.1, 0.15) is 5.75 Å². The number of hydrogen-bond donors (Lipinski definition) is 1. The minimum atomic E-state index is 0.333. The molecule has 1 heterocycles. The van der Waals surface area contributed by atoms with Crippen LogP contribution in [0.2, 0.25) is 0 Å². The molecule has 3 aromatic rings. The van der Waals surface area contributed by atoms with Gasteiger partial charge < -0.3 is 14.8 Å². The summed E-state index contributed by atoms with van der Waals surface area (Å²) < 4.78 is 13.0. The molecule has 7 heteroatoms. The summed E-state index contributed by atoms with van der Waals surface area (Å²) in [6.07, 6.45) is 3.34. The summed E-state index contributed by atoms with van der Waals surface area (Å²) in [5.41, 5.74) is 2.05. The average molecular weight is 381 g/mol. The molecule has 0 unspecified atom stereocenters. The van der Waals surface area contributed by atoms with Crippen molar-refractivity contribution in [3.63, 3.8) is 0 Å². The summed E-state index contributed by atoms with van der Waals surface area (Å²) in [6, 6.07) is 17.9. The Hall–Kier alpha value is -2.77. The van der Waals surface area contributed by atoms with Crippen LogP contribution in [0.4, 0.5) is 0 Å². The first-order valence-electron chi connectivity index (χ1n) is 9.76. The van der Waals surface area contributed by atoms with Crippen molar-refractivity contribution in [1.82, 2.24) is 25.5 Å². The van der Waals surface area contributed by atoms with Crippen LogP contribution in [-0.2, 0) is 11.3 Å². The summed E-state index contributed by atoms with van der Waals surface area (Å²) in [5, 5.41) is 15.1. The predicted molar refractivity (Wildman–Crippen MR) is 108 cm³/mol. The first-order valence-corrected chi connectivity index (χ1v) is 9.76. The van der Waals surface area contributed by atoms with Crippen LogP contribution in [0.15, 0.2) is 54.6 Å². The SMILES string of the molecule is CCCCOCCCNCc1ccc(Oc2nnnn2-c2ccccc2)cc1. The molecule has 0 amide bonds. The van der Waals surface area contributed by atoms with Crippen molar-refractivity contribution >= 4 is 0 Å². The minimum Gasteiger partial charge on any atom is -0.423 e. The summed E-state index contributed by atoms with van der Waals surface area (Å²) in [6.45, 7) is 5.61. The zero-order valence-electron chi connectivity index (χ0n) is 16.3. The molecule has 0 aliphatic rings. The Bertz CT molecular complexity index is 805. The summed E-state index contributed by atoms with van der Waals surface area (Å²) >= 11 is 0. The number of unbranched alkanes of at least 4 members (excludes halogenated alkanes) is 1. The lowest BCUT2D eigenvalue weighted by atomic mass is 10.2. The lowest BCUT2D eigenvalue weighted by molar-refractivity contribution is 0.129. The van der Waals surface area contributed by atoms with Crippen LogP contribution < -0.4 is 10.1 Å². The third-order valence-corrected chi connectivity index (χ3v) is 4.19. The fraction of sp³-hybridized carbons (Fsp3) is 0.381. The molecule has 2 aromatic carbocycles. The first-order chi connectivity index (χ1) is 13.9. The van der Waals surface area contributed by atoms with E-state index in [9.17, 15) is 0 Å². The molecule has 3 rings (SSSR count). The van der Waals surface area contributed by atoms with Crippen molar-refractivity contribution in [3.8, 4) is 17.4 Å². The van der Waals surface area contributed by atoms with Crippen LogP contribution >= 0.6 is 0 Å². The van der Waals surface area contributed by atoms with Gasteiger partial charge in [0.2, 0.25) is 0 Å². The number of benzene rings is 2. The van der Waals surface area contributed by atoms with Gasteiger partial charge in [0.05, 0.1) is 5.69 Å². The number of nitrogens with zero attached hydrogens (tertiary/aromatic N) is 4. The van der Waals surface area contributed by atoms with Crippen molar-refractivity contribution < 1.29 is 9.47 Å². The molecular weight excluding hydrogens is 354 g/mol. The molecule has 0 aliphatic heterocycles. The zero-order chi connectivity index (χ0) is 19.4. The van der Waals surface area contributed by atoms with E-state index in [4.69, 9.17) is 9.47 Å². The lowest BCUT2D eigenvalue weighted by Gasteiger charge is -2.08. The molecule has 7 nitrogen and oxygen atoms in total. The summed E-state index contributed by atoms with van der Waals surface area (Å²) in [7, 11) is 0. The van der Waals surface area contributed by atoms with Crippen molar-refractivity contribution in [1.29, 1.82) is 0 Å². The second-order valence-corrected chi connectivity index (χ2v) is 6.45. The van der Waals surface area contributed by atoms with Crippen molar-refractivity contribution in [2.75, 3.05) is 19.8 Å². The van der Waals surface area contributed by atoms with E-state index in [0.717, 1.165) is 44.8 Å². The third-order valence-electron chi connectivity index (χ3n) is 4.19. The summed E-state index contributed by atoms with van der Waals surface area (Å²) in [4.78, 5) is 0. The molecule has 148 valence electrons. The molecule has 0 saturated carbocycles. The van der Waals surface area contributed by atoms with E-state index in [2.05, 4.69) is 27.8 Å². The zero-order valence-corrected chi connectivity index (χ0v) is 16.3.